The van der Waals surface area contributed by atoms with Gasteiger partial charge in [-0.05, 0) is 17.6 Å². The van der Waals surface area contributed by atoms with Gasteiger partial charge in [0.25, 0.3) is 0 Å². The molecular weight excluding hydrogens is 253 g/mol. The summed E-state index contributed by atoms with van der Waals surface area (Å²) in [5.41, 5.74) is 2.99. The van der Waals surface area contributed by atoms with E-state index in [0.717, 1.165) is 16.9 Å². The zero-order valence-electron chi connectivity index (χ0n) is 10.6. The van der Waals surface area contributed by atoms with E-state index in [1.54, 1.807) is 28.9 Å². The van der Waals surface area contributed by atoms with Gasteiger partial charge >= 0.3 is 7.12 Å². The Balaban J connectivity index is 1.90. The Morgan fingerprint density at radius 2 is 1.60 bits per heavy atom. The van der Waals surface area contributed by atoms with E-state index in [1.165, 1.54) is 0 Å². The summed E-state index contributed by atoms with van der Waals surface area (Å²) in [5.74, 6) is 0. The molecule has 1 heterocycles. The third-order valence-electron chi connectivity index (χ3n) is 3.02. The smallest absolute Gasteiger partial charge is 0.423 e. The third kappa shape index (κ3) is 2.47. The molecule has 0 radical (unpaired) electrons. The van der Waals surface area contributed by atoms with Crippen LogP contribution in [0.25, 0.3) is 16.9 Å². The lowest BCUT2D eigenvalue weighted by Gasteiger charge is -2.00. The van der Waals surface area contributed by atoms with Crippen LogP contribution in [0.15, 0.2) is 60.8 Å². The van der Waals surface area contributed by atoms with E-state index in [1.807, 2.05) is 36.5 Å². The van der Waals surface area contributed by atoms with E-state index in [4.69, 9.17) is 10.0 Å². The van der Waals surface area contributed by atoms with Gasteiger partial charge in [0, 0.05) is 5.56 Å². The predicted molar refractivity (Wildman–Crippen MR) is 76.6 cm³/mol. The summed E-state index contributed by atoms with van der Waals surface area (Å²) in [6, 6.07) is 16.6. The number of rotatable bonds is 3. The molecule has 1 aromatic heterocycles. The molecule has 0 fully saturated rings. The van der Waals surface area contributed by atoms with Gasteiger partial charge in [-0.15, -0.1) is 5.10 Å². The van der Waals surface area contributed by atoms with Gasteiger partial charge in [0.05, 0.1) is 11.9 Å². The number of benzene rings is 2. The largest absolute Gasteiger partial charge is 0.488 e. The van der Waals surface area contributed by atoms with Crippen LogP contribution in [0.4, 0.5) is 0 Å². The summed E-state index contributed by atoms with van der Waals surface area (Å²) in [6.45, 7) is 0. The van der Waals surface area contributed by atoms with Gasteiger partial charge < -0.3 is 10.0 Å². The van der Waals surface area contributed by atoms with Crippen LogP contribution in [-0.2, 0) is 0 Å². The maximum Gasteiger partial charge on any atom is 0.488 e. The highest BCUT2D eigenvalue weighted by molar-refractivity contribution is 6.58. The first kappa shape index (κ1) is 12.6. The lowest BCUT2D eigenvalue weighted by atomic mass is 9.80. The quantitative estimate of drug-likeness (QED) is 0.681. The Morgan fingerprint density at radius 3 is 2.25 bits per heavy atom. The highest BCUT2D eigenvalue weighted by Crippen LogP contribution is 2.16. The van der Waals surface area contributed by atoms with Crippen molar-refractivity contribution in [2.45, 2.75) is 0 Å². The van der Waals surface area contributed by atoms with Crippen molar-refractivity contribution in [2.24, 2.45) is 0 Å². The lowest BCUT2D eigenvalue weighted by Crippen LogP contribution is -2.29. The Hall–Kier alpha value is -2.44. The second-order valence-electron chi connectivity index (χ2n) is 4.38. The van der Waals surface area contributed by atoms with Crippen molar-refractivity contribution >= 4 is 12.6 Å². The van der Waals surface area contributed by atoms with Crippen molar-refractivity contribution in [3.8, 4) is 16.9 Å². The van der Waals surface area contributed by atoms with Crippen molar-refractivity contribution in [3.05, 3.63) is 60.8 Å². The topological polar surface area (TPSA) is 71.2 Å². The molecule has 98 valence electrons. The molecule has 6 heteroatoms. The fourth-order valence-corrected chi connectivity index (χ4v) is 1.93. The summed E-state index contributed by atoms with van der Waals surface area (Å²) < 4.78 is 1.70. The van der Waals surface area contributed by atoms with E-state index in [-0.39, 0.29) is 0 Å². The Morgan fingerprint density at radius 1 is 0.900 bits per heavy atom. The Bertz CT molecular complexity index is 696. The molecule has 2 aromatic carbocycles. The number of nitrogens with zero attached hydrogens (tertiary/aromatic N) is 3. The molecule has 0 amide bonds. The monoisotopic (exact) mass is 265 g/mol. The molecule has 0 aliphatic carbocycles. The minimum atomic E-state index is -1.45. The Labute approximate surface area is 116 Å². The average molecular weight is 265 g/mol. The normalized spacial score (nSPS) is 10.5. The molecule has 0 bridgehead atoms. The van der Waals surface area contributed by atoms with Crippen LogP contribution in [0, 0.1) is 0 Å². The second kappa shape index (κ2) is 5.28. The molecule has 0 aliphatic rings. The van der Waals surface area contributed by atoms with Gasteiger partial charge in [-0.3, -0.25) is 0 Å². The van der Waals surface area contributed by atoms with Crippen LogP contribution in [0.2, 0.25) is 0 Å². The zero-order valence-corrected chi connectivity index (χ0v) is 10.6. The fraction of sp³-hybridized carbons (Fsp3) is 0. The van der Waals surface area contributed by atoms with Crippen LogP contribution >= 0.6 is 0 Å². The van der Waals surface area contributed by atoms with Crippen molar-refractivity contribution in [1.82, 2.24) is 15.0 Å². The number of aromatic nitrogens is 3. The fourth-order valence-electron chi connectivity index (χ4n) is 1.93. The summed E-state index contributed by atoms with van der Waals surface area (Å²) in [4.78, 5) is 0. The van der Waals surface area contributed by atoms with E-state index in [2.05, 4.69) is 10.3 Å². The van der Waals surface area contributed by atoms with Crippen LogP contribution in [0.3, 0.4) is 0 Å². The van der Waals surface area contributed by atoms with E-state index >= 15 is 0 Å². The molecule has 0 aliphatic heterocycles. The minimum Gasteiger partial charge on any atom is -0.423 e. The van der Waals surface area contributed by atoms with Gasteiger partial charge in [0.15, 0.2) is 0 Å². The van der Waals surface area contributed by atoms with E-state index in [9.17, 15) is 0 Å². The molecule has 3 rings (SSSR count). The third-order valence-corrected chi connectivity index (χ3v) is 3.02. The molecule has 0 saturated carbocycles. The maximum absolute atomic E-state index is 9.06. The summed E-state index contributed by atoms with van der Waals surface area (Å²) >= 11 is 0. The highest BCUT2D eigenvalue weighted by atomic mass is 16.4. The molecule has 2 N–H and O–H groups in total. The number of hydrogen-bond acceptors (Lipinski definition) is 4. The first-order valence-corrected chi connectivity index (χ1v) is 6.18. The van der Waals surface area contributed by atoms with E-state index < -0.39 is 7.12 Å². The molecule has 5 nitrogen and oxygen atoms in total. The second-order valence-corrected chi connectivity index (χ2v) is 4.38. The van der Waals surface area contributed by atoms with Crippen molar-refractivity contribution in [2.75, 3.05) is 0 Å². The molecule has 0 atom stereocenters. The van der Waals surface area contributed by atoms with E-state index in [0.29, 0.717) is 5.46 Å². The van der Waals surface area contributed by atoms with Crippen molar-refractivity contribution < 1.29 is 10.0 Å². The van der Waals surface area contributed by atoms with Crippen LogP contribution in [-0.4, -0.2) is 32.2 Å². The summed E-state index contributed by atoms with van der Waals surface area (Å²) in [5, 5.41) is 26.3. The lowest BCUT2D eigenvalue weighted by molar-refractivity contribution is 0.426. The van der Waals surface area contributed by atoms with Gasteiger partial charge in [-0.25, -0.2) is 4.68 Å². The van der Waals surface area contributed by atoms with Crippen molar-refractivity contribution in [3.63, 3.8) is 0 Å². The zero-order chi connectivity index (χ0) is 13.9. The molecule has 3 aromatic rings. The molecule has 0 saturated heterocycles. The average Bonchev–Trinajstić information content (AvgIpc) is 2.98. The molecule has 0 spiro atoms. The maximum atomic E-state index is 9.06. The highest BCUT2D eigenvalue weighted by Gasteiger charge is 2.11. The van der Waals surface area contributed by atoms with Crippen molar-refractivity contribution in [1.29, 1.82) is 0 Å². The van der Waals surface area contributed by atoms with Gasteiger partial charge in [-0.1, -0.05) is 47.7 Å². The first-order valence-electron chi connectivity index (χ1n) is 6.18. The van der Waals surface area contributed by atoms with Gasteiger partial charge in [-0.2, -0.15) is 0 Å². The van der Waals surface area contributed by atoms with Crippen LogP contribution in [0.1, 0.15) is 0 Å². The SMILES string of the molecule is OB(O)c1ccc(-c2cn(-c3ccccc3)nn2)cc1. The number of hydrogen-bond donors (Lipinski definition) is 2. The summed E-state index contributed by atoms with van der Waals surface area (Å²) in [7, 11) is -1.45. The number of para-hydroxylation sites is 1. The van der Waals surface area contributed by atoms with Crippen LogP contribution in [0.5, 0.6) is 0 Å². The minimum absolute atomic E-state index is 0.448. The van der Waals surface area contributed by atoms with Crippen LogP contribution < -0.4 is 5.46 Å². The first-order chi connectivity index (χ1) is 9.74. The molecule has 0 unspecified atom stereocenters. The Kier molecular flexibility index (Phi) is 3.33. The predicted octanol–water partition coefficient (Wildman–Crippen LogP) is 0.614. The standard InChI is InChI=1S/C14H12BN3O2/c19-15(20)12-8-6-11(7-9-12)14-10-18(17-16-14)13-4-2-1-3-5-13/h1-10,19-20H. The van der Waals surface area contributed by atoms with Gasteiger partial charge in [0.1, 0.15) is 5.69 Å². The summed E-state index contributed by atoms with van der Waals surface area (Å²) in [6.07, 6.45) is 1.83. The molecular formula is C14H12BN3O2. The van der Waals surface area contributed by atoms with Gasteiger partial charge in [0.2, 0.25) is 0 Å². The molecule has 20 heavy (non-hydrogen) atoms.